The molecular weight excluding hydrogens is 346 g/mol. The maximum absolute atomic E-state index is 12.5. The topological polar surface area (TPSA) is 67.4 Å². The lowest BCUT2D eigenvalue weighted by molar-refractivity contribution is 0.231. The number of nitrogens with zero attached hydrogens (tertiary/aromatic N) is 1. The minimum atomic E-state index is -1.31. The third-order valence-corrected chi connectivity index (χ3v) is 7.33. The van der Waals surface area contributed by atoms with Crippen LogP contribution in [0.3, 0.4) is 0 Å². The first kappa shape index (κ1) is 18.1. The van der Waals surface area contributed by atoms with Crippen molar-refractivity contribution in [3.8, 4) is 0 Å². The molecule has 0 radical (unpaired) electrons. The van der Waals surface area contributed by atoms with E-state index in [1.807, 2.05) is 0 Å². The van der Waals surface area contributed by atoms with Crippen molar-refractivity contribution >= 4 is 23.1 Å². The van der Waals surface area contributed by atoms with Crippen LogP contribution in [0.4, 0.5) is 10.5 Å². The molecular formula is C20H29N3O2S. The highest BCUT2D eigenvalue weighted by atomic mass is 32.2. The summed E-state index contributed by atoms with van der Waals surface area (Å²) in [6, 6.07) is 2.04. The summed E-state index contributed by atoms with van der Waals surface area (Å²) in [6.07, 6.45) is 8.75. The molecule has 1 aliphatic heterocycles. The molecule has 1 heterocycles. The van der Waals surface area contributed by atoms with Crippen LogP contribution in [0.1, 0.15) is 47.9 Å². The van der Waals surface area contributed by atoms with Crippen molar-refractivity contribution in [1.82, 2.24) is 9.62 Å². The molecule has 4 rings (SSSR count). The van der Waals surface area contributed by atoms with E-state index in [2.05, 4.69) is 28.1 Å². The van der Waals surface area contributed by atoms with Gasteiger partial charge < -0.3 is 14.8 Å². The first-order valence-electron chi connectivity index (χ1n) is 9.91. The average Bonchev–Trinajstić information content (AvgIpc) is 3.25. The summed E-state index contributed by atoms with van der Waals surface area (Å²) in [6.45, 7) is 2.10. The number of fused-ring (bicyclic) bond motifs is 2. The number of carbonyl (C=O) groups excluding carboxylic acids is 1. The number of amides is 2. The second-order valence-corrected chi connectivity index (χ2v) is 9.28. The van der Waals surface area contributed by atoms with Crippen LogP contribution in [0.25, 0.3) is 0 Å². The molecule has 142 valence electrons. The van der Waals surface area contributed by atoms with Gasteiger partial charge in [-0.1, -0.05) is 6.07 Å². The van der Waals surface area contributed by atoms with Gasteiger partial charge in [0.2, 0.25) is 0 Å². The molecule has 0 saturated carbocycles. The SMILES string of the molecule is CN1CCC(C[S+]([O-])NC(=O)Nc2c3c(cc4c2CCC4)CCC3)CC1. The Morgan fingerprint density at radius 3 is 2.38 bits per heavy atom. The van der Waals surface area contributed by atoms with Gasteiger partial charge in [0.25, 0.3) is 0 Å². The van der Waals surface area contributed by atoms with E-state index in [1.54, 1.807) is 0 Å². The highest BCUT2D eigenvalue weighted by Gasteiger charge is 2.27. The van der Waals surface area contributed by atoms with E-state index in [1.165, 1.54) is 22.3 Å². The van der Waals surface area contributed by atoms with Crippen LogP contribution in [0.2, 0.25) is 0 Å². The fraction of sp³-hybridized carbons (Fsp3) is 0.650. The molecule has 1 unspecified atom stereocenters. The number of benzene rings is 1. The van der Waals surface area contributed by atoms with Crippen LogP contribution in [-0.4, -0.2) is 41.4 Å². The van der Waals surface area contributed by atoms with Gasteiger partial charge in [-0.05, 0) is 93.8 Å². The lowest BCUT2D eigenvalue weighted by Crippen LogP contribution is -2.40. The zero-order valence-electron chi connectivity index (χ0n) is 15.6. The molecule has 2 N–H and O–H groups in total. The number of anilines is 1. The van der Waals surface area contributed by atoms with E-state index in [0.29, 0.717) is 11.7 Å². The van der Waals surface area contributed by atoms with Crippen molar-refractivity contribution in [3.63, 3.8) is 0 Å². The summed E-state index contributed by atoms with van der Waals surface area (Å²) < 4.78 is 15.1. The number of aryl methyl sites for hydroxylation is 2. The fourth-order valence-electron chi connectivity index (χ4n) is 4.69. The minimum Gasteiger partial charge on any atom is -0.593 e. The minimum absolute atomic E-state index is 0.314. The number of likely N-dealkylation sites (tertiary alicyclic amines) is 1. The monoisotopic (exact) mass is 375 g/mol. The van der Waals surface area contributed by atoms with Gasteiger partial charge >= 0.3 is 6.03 Å². The lowest BCUT2D eigenvalue weighted by atomic mass is 9.99. The Kier molecular flexibility index (Phi) is 5.43. The molecule has 1 aromatic carbocycles. The van der Waals surface area contributed by atoms with E-state index in [9.17, 15) is 9.35 Å². The van der Waals surface area contributed by atoms with E-state index < -0.39 is 11.4 Å². The van der Waals surface area contributed by atoms with Crippen molar-refractivity contribution < 1.29 is 9.35 Å². The molecule has 1 saturated heterocycles. The molecule has 6 heteroatoms. The van der Waals surface area contributed by atoms with Crippen LogP contribution < -0.4 is 10.0 Å². The van der Waals surface area contributed by atoms with Gasteiger partial charge in [0.1, 0.15) is 5.75 Å². The van der Waals surface area contributed by atoms with Gasteiger partial charge in [-0.2, -0.15) is 4.72 Å². The van der Waals surface area contributed by atoms with E-state index in [4.69, 9.17) is 0 Å². The predicted octanol–water partition coefficient (Wildman–Crippen LogP) is 2.79. The maximum Gasteiger partial charge on any atom is 0.360 e. The van der Waals surface area contributed by atoms with Crippen LogP contribution in [0.15, 0.2) is 6.07 Å². The second-order valence-electron chi connectivity index (χ2n) is 8.05. The molecule has 0 spiro atoms. The lowest BCUT2D eigenvalue weighted by Gasteiger charge is -2.28. The smallest absolute Gasteiger partial charge is 0.360 e. The standard InChI is InChI=1S/C20H29N3O2S/c1-23-10-8-14(9-11-23)13-26(25)22-20(24)21-19-17-6-2-4-15(17)12-16-5-3-7-18(16)19/h12,14H,2-11,13H2,1H3,(H2,21,22,24). The van der Waals surface area contributed by atoms with Gasteiger partial charge in [-0.3, -0.25) is 0 Å². The molecule has 0 bridgehead atoms. The highest BCUT2D eigenvalue weighted by molar-refractivity contribution is 7.90. The number of hydrogen-bond donors (Lipinski definition) is 2. The number of piperidine rings is 1. The third kappa shape index (κ3) is 3.87. The molecule has 1 fully saturated rings. The Hall–Kier alpha value is -1.24. The summed E-state index contributed by atoms with van der Waals surface area (Å²) in [5.74, 6) is 1.00. The zero-order chi connectivity index (χ0) is 18.1. The van der Waals surface area contributed by atoms with Crippen molar-refractivity contribution in [3.05, 3.63) is 28.3 Å². The predicted molar refractivity (Wildman–Crippen MR) is 106 cm³/mol. The Labute approximate surface area is 159 Å². The number of urea groups is 1. The van der Waals surface area contributed by atoms with Gasteiger partial charge in [-0.25, -0.2) is 4.79 Å². The molecule has 1 atom stereocenters. The first-order chi connectivity index (χ1) is 12.6. The molecule has 2 amide bonds. The summed E-state index contributed by atoms with van der Waals surface area (Å²) in [5, 5.41) is 3.07. The highest BCUT2D eigenvalue weighted by Crippen LogP contribution is 2.38. The molecule has 2 aliphatic carbocycles. The molecule has 0 aromatic heterocycles. The quantitative estimate of drug-likeness (QED) is 0.795. The number of carbonyl (C=O) groups is 1. The number of rotatable bonds is 4. The van der Waals surface area contributed by atoms with Crippen LogP contribution in [0.5, 0.6) is 0 Å². The summed E-state index contributed by atoms with van der Waals surface area (Å²) in [4.78, 5) is 14.8. The molecule has 5 nitrogen and oxygen atoms in total. The Morgan fingerprint density at radius 2 is 1.77 bits per heavy atom. The van der Waals surface area contributed by atoms with E-state index in [-0.39, 0.29) is 6.03 Å². The van der Waals surface area contributed by atoms with Gasteiger partial charge in [0.05, 0.1) is 11.4 Å². The molecule has 26 heavy (non-hydrogen) atoms. The maximum atomic E-state index is 12.5. The normalized spacial score (nSPS) is 21.3. The van der Waals surface area contributed by atoms with Gasteiger partial charge in [0, 0.05) is 11.6 Å². The third-order valence-electron chi connectivity index (χ3n) is 6.14. The average molecular weight is 376 g/mol. The van der Waals surface area contributed by atoms with Crippen molar-refractivity contribution in [2.45, 2.75) is 51.4 Å². The summed E-state index contributed by atoms with van der Waals surface area (Å²) >= 11 is -1.31. The summed E-state index contributed by atoms with van der Waals surface area (Å²) in [7, 11) is 2.12. The molecule has 3 aliphatic rings. The van der Waals surface area contributed by atoms with Gasteiger partial charge in [0.15, 0.2) is 0 Å². The van der Waals surface area contributed by atoms with Crippen LogP contribution in [0, 0.1) is 5.92 Å². The van der Waals surface area contributed by atoms with Crippen molar-refractivity contribution in [2.24, 2.45) is 5.92 Å². The number of hydrogen-bond acceptors (Lipinski definition) is 3. The number of nitrogens with one attached hydrogen (secondary N) is 2. The Balaban J connectivity index is 1.38. The second kappa shape index (κ2) is 7.79. The zero-order valence-corrected chi connectivity index (χ0v) is 16.4. The van der Waals surface area contributed by atoms with Gasteiger partial charge in [-0.15, -0.1) is 0 Å². The van der Waals surface area contributed by atoms with Crippen LogP contribution >= 0.6 is 0 Å². The van der Waals surface area contributed by atoms with Crippen molar-refractivity contribution in [2.75, 3.05) is 31.2 Å². The Morgan fingerprint density at radius 1 is 1.15 bits per heavy atom. The van der Waals surface area contributed by atoms with E-state index in [0.717, 1.165) is 70.1 Å². The first-order valence-corrected chi connectivity index (χ1v) is 11.2. The van der Waals surface area contributed by atoms with Crippen LogP contribution in [-0.2, 0) is 37.0 Å². The molecule has 1 aromatic rings. The largest absolute Gasteiger partial charge is 0.593 e. The van der Waals surface area contributed by atoms with Crippen molar-refractivity contribution in [1.29, 1.82) is 0 Å². The summed E-state index contributed by atoms with van der Waals surface area (Å²) in [5.41, 5.74) is 6.42. The van der Waals surface area contributed by atoms with E-state index >= 15 is 0 Å². The fourth-order valence-corrected chi connectivity index (χ4v) is 5.80. The Bertz CT molecular complexity index is 654.